The summed E-state index contributed by atoms with van der Waals surface area (Å²) in [5.41, 5.74) is 5.62. The zero-order valence-corrected chi connectivity index (χ0v) is 17.2. The van der Waals surface area contributed by atoms with E-state index in [1.54, 1.807) is 0 Å². The first-order valence-corrected chi connectivity index (χ1v) is 10.3. The molecule has 3 heterocycles. The third-order valence-electron chi connectivity index (χ3n) is 5.50. The van der Waals surface area contributed by atoms with Gasteiger partial charge >= 0.3 is 0 Å². The van der Waals surface area contributed by atoms with E-state index in [0.717, 1.165) is 16.7 Å². The summed E-state index contributed by atoms with van der Waals surface area (Å²) in [7, 11) is 0. The second-order valence-corrected chi connectivity index (χ2v) is 7.74. The van der Waals surface area contributed by atoms with Crippen LogP contribution in [0.5, 0.6) is 0 Å². The fourth-order valence-electron chi connectivity index (χ4n) is 3.68. The largest absolute Gasteiger partial charge is 0.474 e. The minimum absolute atomic E-state index is 0.0209. The highest BCUT2D eigenvalue weighted by atomic mass is 16.5. The molecule has 1 N–H and O–H groups in total. The average molecular weight is 413 g/mol. The summed E-state index contributed by atoms with van der Waals surface area (Å²) in [4.78, 5) is 14.1. The first-order valence-electron chi connectivity index (χ1n) is 10.3. The van der Waals surface area contributed by atoms with Crippen LogP contribution < -0.4 is 0 Å². The van der Waals surface area contributed by atoms with Crippen LogP contribution in [0.25, 0.3) is 0 Å². The Hall–Kier alpha value is -3.51. The Kier molecular flexibility index (Phi) is 5.22. The Bertz CT molecular complexity index is 1140. The number of hydrogen-bond acceptors (Lipinski definition) is 6. The van der Waals surface area contributed by atoms with Crippen molar-refractivity contribution >= 4 is 11.8 Å². The number of aliphatic hydroxyl groups excluding tert-OH is 1. The molecule has 5 rings (SSSR count). The van der Waals surface area contributed by atoms with Crippen LogP contribution in [0.2, 0.25) is 0 Å². The van der Waals surface area contributed by atoms with Gasteiger partial charge in [0.05, 0.1) is 6.61 Å². The lowest BCUT2D eigenvalue weighted by atomic mass is 10.1. The number of aryl methyl sites for hydroxylation is 1. The smallest absolute Gasteiger partial charge is 0.236 e. The number of pyridine rings is 1. The maximum atomic E-state index is 9.21. The van der Waals surface area contributed by atoms with Crippen LogP contribution in [0.3, 0.4) is 0 Å². The minimum atomic E-state index is -0.0841. The van der Waals surface area contributed by atoms with Crippen molar-refractivity contribution in [2.24, 2.45) is 9.98 Å². The molecule has 0 unspecified atom stereocenters. The predicted octanol–water partition coefficient (Wildman–Crippen LogP) is 3.92. The Labute approximate surface area is 180 Å². The van der Waals surface area contributed by atoms with E-state index in [1.807, 2.05) is 42.5 Å². The highest BCUT2D eigenvalue weighted by Gasteiger charge is 2.25. The summed E-state index contributed by atoms with van der Waals surface area (Å²) < 4.78 is 11.7. The van der Waals surface area contributed by atoms with Crippen molar-refractivity contribution in [3.63, 3.8) is 0 Å². The number of aliphatic hydroxyl groups is 1. The van der Waals surface area contributed by atoms with Gasteiger partial charge in [-0.2, -0.15) is 0 Å². The Balaban J connectivity index is 1.35. The van der Waals surface area contributed by atoms with Gasteiger partial charge in [0.1, 0.15) is 36.7 Å². The molecule has 0 fully saturated rings. The van der Waals surface area contributed by atoms with Crippen molar-refractivity contribution in [1.29, 1.82) is 0 Å². The van der Waals surface area contributed by atoms with Gasteiger partial charge in [0, 0.05) is 0 Å². The van der Waals surface area contributed by atoms with Crippen LogP contribution in [0.4, 0.5) is 0 Å². The van der Waals surface area contributed by atoms with Crippen LogP contribution in [0.15, 0.2) is 76.7 Å². The highest BCUT2D eigenvalue weighted by Crippen LogP contribution is 2.27. The number of aromatic nitrogens is 1. The zero-order chi connectivity index (χ0) is 21.2. The lowest BCUT2D eigenvalue weighted by molar-refractivity contribution is 0.281. The highest BCUT2D eigenvalue weighted by molar-refractivity contribution is 5.97. The summed E-state index contributed by atoms with van der Waals surface area (Å²) >= 11 is 0. The lowest BCUT2D eigenvalue weighted by Gasteiger charge is -2.05. The molecule has 3 aromatic rings. The summed E-state index contributed by atoms with van der Waals surface area (Å²) in [6.45, 7) is 3.07. The van der Waals surface area contributed by atoms with E-state index < -0.39 is 0 Å². The molecule has 0 radical (unpaired) electrons. The van der Waals surface area contributed by atoms with E-state index in [9.17, 15) is 5.11 Å². The van der Waals surface area contributed by atoms with Crippen LogP contribution in [0, 0.1) is 6.92 Å². The lowest BCUT2D eigenvalue weighted by Crippen LogP contribution is -2.09. The van der Waals surface area contributed by atoms with Crippen LogP contribution >= 0.6 is 0 Å². The maximum absolute atomic E-state index is 9.21. The number of ether oxygens (including phenoxy) is 2. The first-order chi connectivity index (χ1) is 15.2. The zero-order valence-electron chi connectivity index (χ0n) is 17.2. The van der Waals surface area contributed by atoms with Crippen LogP contribution in [0.1, 0.15) is 45.7 Å². The van der Waals surface area contributed by atoms with Gasteiger partial charge in [-0.1, -0.05) is 60.2 Å². The number of rotatable bonds is 5. The van der Waals surface area contributed by atoms with Gasteiger partial charge in [0.25, 0.3) is 0 Å². The number of aliphatic imine (C=N–C) groups is 2. The van der Waals surface area contributed by atoms with Crippen molar-refractivity contribution in [2.45, 2.75) is 25.6 Å². The third-order valence-corrected chi connectivity index (χ3v) is 5.50. The summed E-state index contributed by atoms with van der Waals surface area (Å²) in [6, 6.07) is 21.7. The SMILES string of the molecule is Cc1ccc([C@H]2COC(c3cccc(C4=N[C@@H](c5ccc(CO)cc5)CO4)n3)=N2)cc1. The molecular weight excluding hydrogens is 390 g/mol. The quantitative estimate of drug-likeness (QED) is 0.688. The molecule has 2 aliphatic rings. The van der Waals surface area contributed by atoms with Crippen molar-refractivity contribution in [2.75, 3.05) is 13.2 Å². The second-order valence-electron chi connectivity index (χ2n) is 7.74. The Morgan fingerprint density at radius 3 is 1.81 bits per heavy atom. The van der Waals surface area contributed by atoms with Gasteiger partial charge in [0.15, 0.2) is 0 Å². The minimum Gasteiger partial charge on any atom is -0.474 e. The number of hydrogen-bond donors (Lipinski definition) is 1. The van der Waals surface area contributed by atoms with E-state index in [4.69, 9.17) is 19.5 Å². The molecule has 6 nitrogen and oxygen atoms in total. The van der Waals surface area contributed by atoms with Crippen molar-refractivity contribution in [1.82, 2.24) is 4.98 Å². The molecule has 0 bridgehead atoms. The van der Waals surface area contributed by atoms with Gasteiger partial charge in [-0.3, -0.25) is 0 Å². The molecule has 2 aromatic carbocycles. The molecule has 31 heavy (non-hydrogen) atoms. The molecule has 6 heteroatoms. The molecule has 0 saturated carbocycles. The second kappa shape index (κ2) is 8.32. The van der Waals surface area contributed by atoms with Gasteiger partial charge in [-0.05, 0) is 35.7 Å². The van der Waals surface area contributed by atoms with Gasteiger partial charge in [-0.15, -0.1) is 0 Å². The molecule has 1 aromatic heterocycles. The standard InChI is InChI=1S/C25H23N3O3/c1-16-5-9-18(10-6-16)22-14-30-24(27-22)20-3-2-4-21(26-20)25-28-23(15-31-25)19-11-7-17(13-29)8-12-19/h2-12,22-23,29H,13-15H2,1H3/t22-,23-/m1/s1. The van der Waals surface area contributed by atoms with Crippen LogP contribution in [-0.4, -0.2) is 35.1 Å². The van der Waals surface area contributed by atoms with Crippen molar-refractivity contribution in [3.05, 3.63) is 100 Å². The van der Waals surface area contributed by atoms with Crippen LogP contribution in [-0.2, 0) is 16.1 Å². The van der Waals surface area contributed by atoms with E-state index in [0.29, 0.717) is 36.4 Å². The topological polar surface area (TPSA) is 76.3 Å². The molecule has 0 spiro atoms. The summed E-state index contributed by atoms with van der Waals surface area (Å²) in [5.74, 6) is 1.06. The van der Waals surface area contributed by atoms with Gasteiger partial charge in [0.2, 0.25) is 11.8 Å². The Morgan fingerprint density at radius 1 is 0.774 bits per heavy atom. The van der Waals surface area contributed by atoms with Gasteiger partial charge < -0.3 is 14.6 Å². The fraction of sp³-hybridized carbons (Fsp3) is 0.240. The molecule has 156 valence electrons. The average Bonchev–Trinajstić information content (AvgIpc) is 3.50. The molecule has 0 aliphatic carbocycles. The van der Waals surface area contributed by atoms with E-state index in [-0.39, 0.29) is 18.7 Å². The maximum Gasteiger partial charge on any atom is 0.236 e. The summed E-state index contributed by atoms with van der Waals surface area (Å²) in [6.07, 6.45) is 0. The molecule has 0 amide bonds. The van der Waals surface area contributed by atoms with E-state index >= 15 is 0 Å². The fourth-order valence-corrected chi connectivity index (χ4v) is 3.68. The first kappa shape index (κ1) is 19.5. The van der Waals surface area contributed by atoms with Gasteiger partial charge in [-0.25, -0.2) is 15.0 Å². The Morgan fingerprint density at radius 2 is 1.29 bits per heavy atom. The molecule has 2 atom stereocenters. The number of benzene rings is 2. The monoisotopic (exact) mass is 413 g/mol. The third kappa shape index (κ3) is 4.07. The molecule has 2 aliphatic heterocycles. The summed E-state index contributed by atoms with van der Waals surface area (Å²) in [5, 5.41) is 9.21. The van der Waals surface area contributed by atoms with E-state index in [1.165, 1.54) is 5.56 Å². The normalized spacial score (nSPS) is 20.1. The van der Waals surface area contributed by atoms with Crippen molar-refractivity contribution < 1.29 is 14.6 Å². The number of nitrogens with zero attached hydrogens (tertiary/aromatic N) is 3. The predicted molar refractivity (Wildman–Crippen MR) is 118 cm³/mol. The van der Waals surface area contributed by atoms with Crippen molar-refractivity contribution in [3.8, 4) is 0 Å². The molecular formula is C25H23N3O3. The molecule has 0 saturated heterocycles. The van der Waals surface area contributed by atoms with E-state index in [2.05, 4.69) is 36.2 Å².